The summed E-state index contributed by atoms with van der Waals surface area (Å²) in [6.07, 6.45) is 0. The molecule has 0 radical (unpaired) electrons. The van der Waals surface area contributed by atoms with Crippen LogP contribution >= 0.6 is 11.3 Å². The van der Waals surface area contributed by atoms with Gasteiger partial charge in [0.25, 0.3) is 0 Å². The van der Waals surface area contributed by atoms with Crippen LogP contribution in [0.4, 0.5) is 0 Å². The number of hydrogen-bond acceptors (Lipinski definition) is 3. The highest BCUT2D eigenvalue weighted by Gasteiger charge is 2.46. The first kappa shape index (κ1) is 32.5. The van der Waals surface area contributed by atoms with Gasteiger partial charge in [0.15, 0.2) is 5.82 Å². The first-order valence-corrected chi connectivity index (χ1v) is 19.9. The zero-order valence-corrected chi connectivity index (χ0v) is 31.2. The summed E-state index contributed by atoms with van der Waals surface area (Å²) < 4.78 is 2.51. The van der Waals surface area contributed by atoms with E-state index in [9.17, 15) is 0 Å². The summed E-state index contributed by atoms with van der Waals surface area (Å²) in [4.78, 5) is 10.6. The van der Waals surface area contributed by atoms with Gasteiger partial charge in [-0.2, -0.15) is 0 Å². The van der Waals surface area contributed by atoms with Gasteiger partial charge in [-0.05, 0) is 62.7 Å². The van der Waals surface area contributed by atoms with E-state index in [4.69, 9.17) is 9.97 Å². The average molecular weight is 731 g/mol. The zero-order chi connectivity index (χ0) is 37.1. The standard InChI is InChI=1S/C53H34N2S/c1-4-17-35(18-5-1)52-54-48(34-49(55-52)45-28-16-27-44-43-26-13-15-30-50(43)56-51(44)45)42-25-11-10-23-39(42)36-31-32-41-40-24-12-14-29-46(40)53(47(41)33-36,37-19-6-2-7-20-37)38-21-8-3-9-22-38/h1-34H. The molecule has 0 amide bonds. The van der Waals surface area contributed by atoms with Crippen molar-refractivity contribution in [1.82, 2.24) is 9.97 Å². The third kappa shape index (κ3) is 5.02. The van der Waals surface area contributed by atoms with Crippen LogP contribution in [0.25, 0.3) is 76.3 Å². The number of thiophene rings is 1. The summed E-state index contributed by atoms with van der Waals surface area (Å²) >= 11 is 1.83. The largest absolute Gasteiger partial charge is 0.228 e. The van der Waals surface area contributed by atoms with Gasteiger partial charge in [0, 0.05) is 36.9 Å². The van der Waals surface area contributed by atoms with Gasteiger partial charge in [-0.3, -0.25) is 0 Å². The lowest BCUT2D eigenvalue weighted by molar-refractivity contribution is 0.769. The van der Waals surface area contributed by atoms with Crippen LogP contribution in [0.5, 0.6) is 0 Å². The molecule has 0 unspecified atom stereocenters. The third-order valence-electron chi connectivity index (χ3n) is 11.4. The monoisotopic (exact) mass is 730 g/mol. The highest BCUT2D eigenvalue weighted by molar-refractivity contribution is 7.26. The van der Waals surface area contributed by atoms with Crippen molar-refractivity contribution < 1.29 is 0 Å². The highest BCUT2D eigenvalue weighted by atomic mass is 32.1. The Labute approximate surface area is 330 Å². The Balaban J connectivity index is 1.14. The summed E-state index contributed by atoms with van der Waals surface area (Å²) in [7, 11) is 0. The zero-order valence-electron chi connectivity index (χ0n) is 30.4. The molecule has 0 saturated carbocycles. The van der Waals surface area contributed by atoms with Crippen molar-refractivity contribution in [2.24, 2.45) is 0 Å². The lowest BCUT2D eigenvalue weighted by Crippen LogP contribution is -2.28. The molecule has 0 fully saturated rings. The summed E-state index contributed by atoms with van der Waals surface area (Å²) in [6, 6.07) is 74.5. The van der Waals surface area contributed by atoms with E-state index in [2.05, 4.69) is 200 Å². The molecule has 262 valence electrons. The van der Waals surface area contributed by atoms with Crippen LogP contribution in [-0.2, 0) is 5.41 Å². The molecule has 0 spiro atoms. The lowest BCUT2D eigenvalue weighted by atomic mass is 9.67. The van der Waals surface area contributed by atoms with E-state index in [0.29, 0.717) is 5.82 Å². The van der Waals surface area contributed by atoms with E-state index in [0.717, 1.165) is 39.2 Å². The molecule has 1 aliphatic rings. The van der Waals surface area contributed by atoms with E-state index in [1.165, 1.54) is 53.6 Å². The van der Waals surface area contributed by atoms with Crippen LogP contribution in [0.1, 0.15) is 22.3 Å². The Kier molecular flexibility index (Phi) is 7.61. The minimum absolute atomic E-state index is 0.481. The first-order chi connectivity index (χ1) is 27.8. The van der Waals surface area contributed by atoms with Crippen molar-refractivity contribution in [1.29, 1.82) is 0 Å². The van der Waals surface area contributed by atoms with Crippen LogP contribution in [0.2, 0.25) is 0 Å². The smallest absolute Gasteiger partial charge is 0.160 e. The lowest BCUT2D eigenvalue weighted by Gasteiger charge is -2.34. The van der Waals surface area contributed by atoms with Crippen molar-refractivity contribution in [3.05, 3.63) is 229 Å². The fraction of sp³-hybridized carbons (Fsp3) is 0.0189. The van der Waals surface area contributed by atoms with E-state index >= 15 is 0 Å². The Morgan fingerprint density at radius 1 is 0.357 bits per heavy atom. The Bertz CT molecular complexity index is 3040. The van der Waals surface area contributed by atoms with Crippen molar-refractivity contribution >= 4 is 31.5 Å². The third-order valence-corrected chi connectivity index (χ3v) is 12.6. The molecule has 0 N–H and O–H groups in total. The van der Waals surface area contributed by atoms with Crippen molar-refractivity contribution in [2.45, 2.75) is 5.41 Å². The summed E-state index contributed by atoms with van der Waals surface area (Å²) in [6.45, 7) is 0. The molecule has 0 atom stereocenters. The Hall–Kier alpha value is -6.94. The van der Waals surface area contributed by atoms with Gasteiger partial charge >= 0.3 is 0 Å². The average Bonchev–Trinajstić information content (AvgIpc) is 3.81. The maximum absolute atomic E-state index is 5.33. The summed E-state index contributed by atoms with van der Waals surface area (Å²) in [5.41, 5.74) is 14.4. The van der Waals surface area contributed by atoms with Crippen LogP contribution in [-0.4, -0.2) is 9.97 Å². The second-order valence-corrected chi connectivity index (χ2v) is 15.5. The van der Waals surface area contributed by atoms with Crippen LogP contribution in [0.15, 0.2) is 206 Å². The quantitative estimate of drug-likeness (QED) is 0.170. The normalized spacial score (nSPS) is 12.8. The molecule has 0 saturated heterocycles. The molecule has 0 bridgehead atoms. The number of hydrogen-bond donors (Lipinski definition) is 0. The maximum Gasteiger partial charge on any atom is 0.160 e. The summed E-state index contributed by atoms with van der Waals surface area (Å²) in [5, 5.41) is 2.53. The number of fused-ring (bicyclic) bond motifs is 6. The van der Waals surface area contributed by atoms with Gasteiger partial charge in [0.05, 0.1) is 16.8 Å². The van der Waals surface area contributed by atoms with Crippen molar-refractivity contribution in [3.8, 4) is 56.2 Å². The molecule has 3 heteroatoms. The minimum Gasteiger partial charge on any atom is -0.228 e. The van der Waals surface area contributed by atoms with Crippen LogP contribution in [0.3, 0.4) is 0 Å². The molecule has 2 aromatic heterocycles. The number of benzene rings is 8. The van der Waals surface area contributed by atoms with E-state index in [1.54, 1.807) is 0 Å². The van der Waals surface area contributed by atoms with Crippen LogP contribution < -0.4 is 0 Å². The van der Waals surface area contributed by atoms with E-state index in [1.807, 2.05) is 17.4 Å². The molecule has 8 aromatic carbocycles. The number of aromatic nitrogens is 2. The Morgan fingerprint density at radius 2 is 0.911 bits per heavy atom. The molecule has 0 aliphatic heterocycles. The summed E-state index contributed by atoms with van der Waals surface area (Å²) in [5.74, 6) is 0.711. The fourth-order valence-corrected chi connectivity index (χ4v) is 10.2. The molecule has 11 rings (SSSR count). The second kappa shape index (κ2) is 13.1. The molecular formula is C53H34N2S. The molecule has 2 heterocycles. The maximum atomic E-state index is 5.33. The topological polar surface area (TPSA) is 25.8 Å². The van der Waals surface area contributed by atoms with Gasteiger partial charge in [0.1, 0.15) is 0 Å². The van der Waals surface area contributed by atoms with Crippen molar-refractivity contribution in [3.63, 3.8) is 0 Å². The number of rotatable bonds is 6. The van der Waals surface area contributed by atoms with E-state index < -0.39 is 5.41 Å². The molecule has 1 aliphatic carbocycles. The second-order valence-electron chi connectivity index (χ2n) is 14.4. The van der Waals surface area contributed by atoms with Gasteiger partial charge in [0.2, 0.25) is 0 Å². The fourth-order valence-electron chi connectivity index (χ4n) is 8.96. The SMILES string of the molecule is c1ccc(-c2nc(-c3ccccc3-c3ccc4c(c3)C(c3ccccc3)(c3ccccc3)c3ccccc3-4)cc(-c3cccc4c3sc3ccccc34)n2)cc1. The highest BCUT2D eigenvalue weighted by Crippen LogP contribution is 2.57. The predicted molar refractivity (Wildman–Crippen MR) is 234 cm³/mol. The predicted octanol–water partition coefficient (Wildman–Crippen LogP) is 13.9. The molecular weight excluding hydrogens is 697 g/mol. The van der Waals surface area contributed by atoms with Gasteiger partial charge in [-0.15, -0.1) is 11.3 Å². The van der Waals surface area contributed by atoms with Gasteiger partial charge < -0.3 is 0 Å². The van der Waals surface area contributed by atoms with Gasteiger partial charge in [-0.25, -0.2) is 9.97 Å². The first-order valence-electron chi connectivity index (χ1n) is 19.1. The molecule has 2 nitrogen and oxygen atoms in total. The van der Waals surface area contributed by atoms with Crippen LogP contribution in [0, 0.1) is 0 Å². The minimum atomic E-state index is -0.481. The Morgan fingerprint density at radius 3 is 1.66 bits per heavy atom. The van der Waals surface area contributed by atoms with E-state index in [-0.39, 0.29) is 0 Å². The van der Waals surface area contributed by atoms with Gasteiger partial charge in [-0.1, -0.05) is 188 Å². The molecule has 10 aromatic rings. The molecule has 56 heavy (non-hydrogen) atoms. The number of nitrogens with zero attached hydrogens (tertiary/aromatic N) is 2. The van der Waals surface area contributed by atoms with Crippen molar-refractivity contribution in [2.75, 3.05) is 0 Å².